The molecule has 0 aliphatic heterocycles. The van der Waals surface area contributed by atoms with Crippen molar-refractivity contribution in [2.24, 2.45) is 0 Å². The molecule has 0 amide bonds. The van der Waals surface area contributed by atoms with Gasteiger partial charge in [-0.3, -0.25) is 4.68 Å². The Labute approximate surface area is 134 Å². The Balaban J connectivity index is 2.11. The first-order valence-corrected chi connectivity index (χ1v) is 8.38. The molecule has 1 heterocycles. The van der Waals surface area contributed by atoms with Crippen LogP contribution in [-0.2, 0) is 13.1 Å². The van der Waals surface area contributed by atoms with Crippen LogP contribution in [0.25, 0.3) is 0 Å². The van der Waals surface area contributed by atoms with E-state index in [1.165, 1.54) is 0 Å². The van der Waals surface area contributed by atoms with Gasteiger partial charge in [0.05, 0.1) is 23.9 Å². The molecule has 0 saturated carbocycles. The maximum Gasteiger partial charge on any atom is 0.0646 e. The van der Waals surface area contributed by atoms with E-state index in [9.17, 15) is 0 Å². The third-order valence-electron chi connectivity index (χ3n) is 3.46. The van der Waals surface area contributed by atoms with Crippen molar-refractivity contribution in [1.82, 2.24) is 9.78 Å². The molecule has 0 spiro atoms. The number of nitrogens with zero attached hydrogens (tertiary/aromatic N) is 2. The molecule has 0 bridgehead atoms. The SMILES string of the molecule is CSc1ccc(NCc2c(C)nn(CCO)c2C)cc1Cl. The lowest BCUT2D eigenvalue weighted by molar-refractivity contribution is 0.268. The second-order valence-corrected chi connectivity index (χ2v) is 6.05. The summed E-state index contributed by atoms with van der Waals surface area (Å²) in [6.45, 7) is 5.33. The van der Waals surface area contributed by atoms with Gasteiger partial charge in [0.1, 0.15) is 0 Å². The number of aliphatic hydroxyl groups is 1. The third kappa shape index (κ3) is 3.73. The normalized spacial score (nSPS) is 10.9. The number of nitrogens with one attached hydrogen (secondary N) is 1. The summed E-state index contributed by atoms with van der Waals surface area (Å²) in [5.41, 5.74) is 4.22. The molecule has 114 valence electrons. The van der Waals surface area contributed by atoms with Crippen molar-refractivity contribution < 1.29 is 5.11 Å². The van der Waals surface area contributed by atoms with E-state index in [1.807, 2.05) is 43.0 Å². The monoisotopic (exact) mass is 325 g/mol. The van der Waals surface area contributed by atoms with Gasteiger partial charge in [-0.25, -0.2) is 0 Å². The predicted molar refractivity (Wildman–Crippen MR) is 89.3 cm³/mol. The number of halogens is 1. The van der Waals surface area contributed by atoms with Gasteiger partial charge < -0.3 is 10.4 Å². The van der Waals surface area contributed by atoms with E-state index in [2.05, 4.69) is 10.4 Å². The summed E-state index contributed by atoms with van der Waals surface area (Å²) >= 11 is 7.85. The Morgan fingerprint density at radius 2 is 2.14 bits per heavy atom. The highest BCUT2D eigenvalue weighted by atomic mass is 35.5. The average Bonchev–Trinajstić information content (AvgIpc) is 2.72. The quantitative estimate of drug-likeness (QED) is 0.798. The van der Waals surface area contributed by atoms with Gasteiger partial charge in [0.15, 0.2) is 0 Å². The molecule has 0 unspecified atom stereocenters. The Kier molecular flexibility index (Phi) is 5.56. The number of rotatable bonds is 6. The zero-order valence-electron chi connectivity index (χ0n) is 12.5. The lowest BCUT2D eigenvalue weighted by Gasteiger charge is -2.09. The largest absolute Gasteiger partial charge is 0.394 e. The van der Waals surface area contributed by atoms with Crippen LogP contribution in [0.15, 0.2) is 23.1 Å². The van der Waals surface area contributed by atoms with Gasteiger partial charge in [-0.2, -0.15) is 5.10 Å². The topological polar surface area (TPSA) is 50.1 Å². The van der Waals surface area contributed by atoms with Gasteiger partial charge in [0.25, 0.3) is 0 Å². The molecule has 4 nitrogen and oxygen atoms in total. The summed E-state index contributed by atoms with van der Waals surface area (Å²) in [6, 6.07) is 5.99. The standard InChI is InChI=1S/C15H20ClN3OS/c1-10-13(11(2)19(18-10)6-7-20)9-17-12-4-5-15(21-3)14(16)8-12/h4-5,8,17,20H,6-7,9H2,1-3H3. The van der Waals surface area contributed by atoms with Crippen molar-refractivity contribution in [2.75, 3.05) is 18.2 Å². The summed E-state index contributed by atoms with van der Waals surface area (Å²) in [5.74, 6) is 0. The van der Waals surface area contributed by atoms with E-state index in [0.717, 1.165) is 32.6 Å². The Hall–Kier alpha value is -1.17. The van der Waals surface area contributed by atoms with E-state index < -0.39 is 0 Å². The number of aryl methyl sites for hydroxylation is 1. The molecule has 6 heteroatoms. The second kappa shape index (κ2) is 7.20. The van der Waals surface area contributed by atoms with Crippen molar-refractivity contribution >= 4 is 29.1 Å². The molecule has 0 aliphatic carbocycles. The van der Waals surface area contributed by atoms with Crippen LogP contribution >= 0.6 is 23.4 Å². The number of benzene rings is 1. The fraction of sp³-hybridized carbons (Fsp3) is 0.400. The molecule has 0 radical (unpaired) electrons. The summed E-state index contributed by atoms with van der Waals surface area (Å²) in [6.07, 6.45) is 2.01. The Morgan fingerprint density at radius 1 is 1.38 bits per heavy atom. The molecule has 2 aromatic rings. The average molecular weight is 326 g/mol. The number of anilines is 1. The Bertz CT molecular complexity index is 628. The summed E-state index contributed by atoms with van der Waals surface area (Å²) in [7, 11) is 0. The summed E-state index contributed by atoms with van der Waals surface area (Å²) in [5, 5.41) is 17.6. The molecule has 1 aromatic carbocycles. The Morgan fingerprint density at radius 3 is 2.76 bits per heavy atom. The van der Waals surface area contributed by atoms with Crippen LogP contribution in [-0.4, -0.2) is 27.7 Å². The molecular weight excluding hydrogens is 306 g/mol. The molecule has 0 aliphatic rings. The third-order valence-corrected chi connectivity index (χ3v) is 4.68. The smallest absolute Gasteiger partial charge is 0.0646 e. The van der Waals surface area contributed by atoms with Crippen LogP contribution in [0.3, 0.4) is 0 Å². The van der Waals surface area contributed by atoms with Crippen molar-refractivity contribution in [3.8, 4) is 0 Å². The zero-order valence-corrected chi connectivity index (χ0v) is 14.1. The molecule has 2 rings (SSSR count). The number of hydrogen-bond donors (Lipinski definition) is 2. The van der Waals surface area contributed by atoms with E-state index in [1.54, 1.807) is 11.8 Å². The maximum atomic E-state index is 9.04. The first kappa shape index (κ1) is 16.2. The minimum atomic E-state index is 0.0978. The maximum absolute atomic E-state index is 9.04. The van der Waals surface area contributed by atoms with E-state index in [-0.39, 0.29) is 6.61 Å². The second-order valence-electron chi connectivity index (χ2n) is 4.80. The van der Waals surface area contributed by atoms with Crippen LogP contribution in [0.2, 0.25) is 5.02 Å². The predicted octanol–water partition coefficient (Wildman–Crippen LogP) is 3.48. The van der Waals surface area contributed by atoms with Crippen molar-refractivity contribution in [2.45, 2.75) is 31.8 Å². The highest BCUT2D eigenvalue weighted by Crippen LogP contribution is 2.28. The number of aromatic nitrogens is 2. The minimum Gasteiger partial charge on any atom is -0.394 e. The van der Waals surface area contributed by atoms with Crippen LogP contribution < -0.4 is 5.32 Å². The first-order chi connectivity index (χ1) is 10.1. The number of hydrogen-bond acceptors (Lipinski definition) is 4. The lowest BCUT2D eigenvalue weighted by atomic mass is 10.2. The van der Waals surface area contributed by atoms with Crippen molar-refractivity contribution in [3.05, 3.63) is 40.2 Å². The van der Waals surface area contributed by atoms with Gasteiger partial charge in [0, 0.05) is 28.4 Å². The molecule has 0 fully saturated rings. The fourth-order valence-electron chi connectivity index (χ4n) is 2.27. The highest BCUT2D eigenvalue weighted by Gasteiger charge is 2.11. The van der Waals surface area contributed by atoms with Crippen LogP contribution in [0, 0.1) is 13.8 Å². The molecule has 21 heavy (non-hydrogen) atoms. The highest BCUT2D eigenvalue weighted by molar-refractivity contribution is 7.98. The van der Waals surface area contributed by atoms with E-state index in [4.69, 9.17) is 16.7 Å². The van der Waals surface area contributed by atoms with Gasteiger partial charge in [-0.15, -0.1) is 11.8 Å². The summed E-state index contributed by atoms with van der Waals surface area (Å²) < 4.78 is 1.84. The fourth-order valence-corrected chi connectivity index (χ4v) is 3.14. The molecule has 0 saturated heterocycles. The van der Waals surface area contributed by atoms with Crippen molar-refractivity contribution in [3.63, 3.8) is 0 Å². The van der Waals surface area contributed by atoms with Crippen LogP contribution in [0.1, 0.15) is 17.0 Å². The van der Waals surface area contributed by atoms with Crippen LogP contribution in [0.4, 0.5) is 5.69 Å². The molecule has 1 aromatic heterocycles. The van der Waals surface area contributed by atoms with Crippen molar-refractivity contribution in [1.29, 1.82) is 0 Å². The van der Waals surface area contributed by atoms with E-state index in [0.29, 0.717) is 13.1 Å². The zero-order chi connectivity index (χ0) is 15.4. The minimum absolute atomic E-state index is 0.0978. The van der Waals surface area contributed by atoms with Gasteiger partial charge >= 0.3 is 0 Å². The van der Waals surface area contributed by atoms with Gasteiger partial charge in [0.2, 0.25) is 0 Å². The number of thioether (sulfide) groups is 1. The van der Waals surface area contributed by atoms with Gasteiger partial charge in [-0.1, -0.05) is 11.6 Å². The van der Waals surface area contributed by atoms with Crippen LogP contribution in [0.5, 0.6) is 0 Å². The number of aliphatic hydroxyl groups excluding tert-OH is 1. The first-order valence-electron chi connectivity index (χ1n) is 6.78. The lowest BCUT2D eigenvalue weighted by Crippen LogP contribution is -2.07. The van der Waals surface area contributed by atoms with Gasteiger partial charge in [-0.05, 0) is 38.3 Å². The summed E-state index contributed by atoms with van der Waals surface area (Å²) in [4.78, 5) is 1.07. The van der Waals surface area contributed by atoms with E-state index >= 15 is 0 Å². The molecule has 0 atom stereocenters. The molecule has 2 N–H and O–H groups in total. The molecular formula is C15H20ClN3OS.